The van der Waals surface area contributed by atoms with Crippen molar-refractivity contribution in [3.05, 3.63) is 35.1 Å². The minimum Gasteiger partial charge on any atom is -0.396 e. The lowest BCUT2D eigenvalue weighted by molar-refractivity contribution is -0.138. The van der Waals surface area contributed by atoms with Crippen LogP contribution in [-0.4, -0.2) is 17.8 Å². The zero-order chi connectivity index (χ0) is 15.5. The van der Waals surface area contributed by atoms with Crippen molar-refractivity contribution in [2.75, 3.05) is 6.61 Å². The molecule has 2 atom stereocenters. The monoisotopic (exact) mass is 305 g/mol. The van der Waals surface area contributed by atoms with Crippen molar-refractivity contribution in [1.82, 2.24) is 5.32 Å². The van der Waals surface area contributed by atoms with E-state index in [1.807, 2.05) is 0 Å². The number of nitrogens with one attached hydrogen (secondary N) is 1. The molecule has 2 nitrogen and oxygen atoms in total. The van der Waals surface area contributed by atoms with E-state index in [2.05, 4.69) is 5.32 Å². The molecule has 1 saturated carbocycles. The standard InChI is InChI=1S/C15H19F4NO/c16-12-6-5-10(13(7-12)15(17,18)19)8-20-14-4-2-1-3-11(14)9-21/h5-7,11,14,20-21H,1-4,8-9H2. The van der Waals surface area contributed by atoms with Gasteiger partial charge in [-0.1, -0.05) is 18.9 Å². The Bertz CT molecular complexity index is 475. The van der Waals surface area contributed by atoms with Crippen molar-refractivity contribution in [3.63, 3.8) is 0 Å². The first-order chi connectivity index (χ1) is 9.91. The van der Waals surface area contributed by atoms with Crippen molar-refractivity contribution >= 4 is 0 Å². The van der Waals surface area contributed by atoms with E-state index in [1.165, 1.54) is 6.07 Å². The average Bonchev–Trinajstić information content (AvgIpc) is 2.45. The van der Waals surface area contributed by atoms with Crippen LogP contribution in [0.3, 0.4) is 0 Å². The molecule has 0 radical (unpaired) electrons. The van der Waals surface area contributed by atoms with E-state index >= 15 is 0 Å². The van der Waals surface area contributed by atoms with Gasteiger partial charge in [0.05, 0.1) is 5.56 Å². The Morgan fingerprint density at radius 2 is 1.90 bits per heavy atom. The quantitative estimate of drug-likeness (QED) is 0.835. The van der Waals surface area contributed by atoms with Crippen molar-refractivity contribution in [3.8, 4) is 0 Å². The molecule has 1 aliphatic carbocycles. The summed E-state index contributed by atoms with van der Waals surface area (Å²) in [5, 5.41) is 12.4. The Balaban J connectivity index is 2.09. The van der Waals surface area contributed by atoms with Gasteiger partial charge in [0, 0.05) is 19.2 Å². The van der Waals surface area contributed by atoms with E-state index in [4.69, 9.17) is 0 Å². The van der Waals surface area contributed by atoms with Gasteiger partial charge in [-0.05, 0) is 36.5 Å². The first-order valence-electron chi connectivity index (χ1n) is 7.11. The SMILES string of the molecule is OCC1CCCCC1NCc1ccc(F)cc1C(F)(F)F. The molecule has 1 fully saturated rings. The zero-order valence-electron chi connectivity index (χ0n) is 11.6. The van der Waals surface area contributed by atoms with Gasteiger partial charge in [0.1, 0.15) is 5.82 Å². The Hall–Kier alpha value is -1.14. The molecule has 6 heteroatoms. The van der Waals surface area contributed by atoms with Crippen LogP contribution in [0.4, 0.5) is 17.6 Å². The molecule has 0 aliphatic heterocycles. The number of hydrogen-bond acceptors (Lipinski definition) is 2. The van der Waals surface area contributed by atoms with Gasteiger partial charge in [-0.3, -0.25) is 0 Å². The van der Waals surface area contributed by atoms with Crippen LogP contribution in [0.1, 0.15) is 36.8 Å². The molecule has 2 N–H and O–H groups in total. The molecule has 0 aromatic heterocycles. The Kier molecular flexibility index (Phi) is 5.22. The zero-order valence-corrected chi connectivity index (χ0v) is 11.6. The summed E-state index contributed by atoms with van der Waals surface area (Å²) in [5.74, 6) is -0.814. The predicted octanol–water partition coefficient (Wildman–Crippen LogP) is 3.49. The number of aliphatic hydroxyl groups is 1. The van der Waals surface area contributed by atoms with Crippen LogP contribution in [0.5, 0.6) is 0 Å². The van der Waals surface area contributed by atoms with Gasteiger partial charge in [-0.25, -0.2) is 4.39 Å². The minimum atomic E-state index is -4.57. The molecule has 0 heterocycles. The van der Waals surface area contributed by atoms with Crippen molar-refractivity contribution in [2.24, 2.45) is 5.92 Å². The highest BCUT2D eigenvalue weighted by atomic mass is 19.4. The summed E-state index contributed by atoms with van der Waals surface area (Å²) in [6, 6.07) is 2.75. The molecule has 1 aromatic carbocycles. The van der Waals surface area contributed by atoms with E-state index in [0.717, 1.165) is 31.7 Å². The highest BCUT2D eigenvalue weighted by Crippen LogP contribution is 2.33. The van der Waals surface area contributed by atoms with E-state index in [0.29, 0.717) is 6.07 Å². The molecule has 118 valence electrons. The fourth-order valence-electron chi connectivity index (χ4n) is 2.90. The van der Waals surface area contributed by atoms with Gasteiger partial charge in [0.2, 0.25) is 0 Å². The third-order valence-electron chi connectivity index (χ3n) is 4.08. The lowest BCUT2D eigenvalue weighted by Gasteiger charge is -2.31. The molecule has 2 rings (SSSR count). The fraction of sp³-hybridized carbons (Fsp3) is 0.600. The lowest BCUT2D eigenvalue weighted by atomic mass is 9.85. The summed E-state index contributed by atoms with van der Waals surface area (Å²) in [4.78, 5) is 0. The summed E-state index contributed by atoms with van der Waals surface area (Å²) < 4.78 is 51.7. The van der Waals surface area contributed by atoms with E-state index in [1.54, 1.807) is 0 Å². The number of hydrogen-bond donors (Lipinski definition) is 2. The maximum atomic E-state index is 13.0. The second kappa shape index (κ2) is 6.75. The molecule has 1 aliphatic rings. The molecule has 0 spiro atoms. The summed E-state index contributed by atoms with van der Waals surface area (Å²) in [5.41, 5.74) is -0.905. The second-order valence-corrected chi connectivity index (χ2v) is 5.51. The number of rotatable bonds is 4. The average molecular weight is 305 g/mol. The molecule has 1 aromatic rings. The van der Waals surface area contributed by atoms with Crippen LogP contribution >= 0.6 is 0 Å². The highest BCUT2D eigenvalue weighted by Gasteiger charge is 2.34. The van der Waals surface area contributed by atoms with Crippen LogP contribution in [0.15, 0.2) is 18.2 Å². The molecular weight excluding hydrogens is 286 g/mol. The first kappa shape index (κ1) is 16.2. The highest BCUT2D eigenvalue weighted by molar-refractivity contribution is 5.30. The third kappa shape index (κ3) is 4.17. The molecule has 0 saturated heterocycles. The van der Waals surface area contributed by atoms with Gasteiger partial charge in [0.25, 0.3) is 0 Å². The van der Waals surface area contributed by atoms with Crippen LogP contribution in [0.2, 0.25) is 0 Å². The number of halogens is 4. The Morgan fingerprint density at radius 1 is 1.19 bits per heavy atom. The van der Waals surface area contributed by atoms with Crippen LogP contribution in [0, 0.1) is 11.7 Å². The summed E-state index contributed by atoms with van der Waals surface area (Å²) in [6.45, 7) is 0.0590. The first-order valence-corrected chi connectivity index (χ1v) is 7.11. The third-order valence-corrected chi connectivity index (χ3v) is 4.08. The largest absolute Gasteiger partial charge is 0.416 e. The fourth-order valence-corrected chi connectivity index (χ4v) is 2.90. The van der Waals surface area contributed by atoms with Gasteiger partial charge in [0.15, 0.2) is 0 Å². The maximum absolute atomic E-state index is 13.0. The molecular formula is C15H19F4NO. The van der Waals surface area contributed by atoms with Crippen LogP contribution < -0.4 is 5.32 Å². The van der Waals surface area contributed by atoms with Gasteiger partial charge >= 0.3 is 6.18 Å². The van der Waals surface area contributed by atoms with Crippen molar-refractivity contribution in [1.29, 1.82) is 0 Å². The summed E-state index contributed by atoms with van der Waals surface area (Å²) in [6.07, 6.45) is -0.809. The molecule has 0 bridgehead atoms. The minimum absolute atomic E-state index is 0.00915. The van der Waals surface area contributed by atoms with Crippen molar-refractivity contribution < 1.29 is 22.7 Å². The predicted molar refractivity (Wildman–Crippen MR) is 71.1 cm³/mol. The lowest BCUT2D eigenvalue weighted by Crippen LogP contribution is -2.40. The van der Waals surface area contributed by atoms with E-state index < -0.39 is 17.6 Å². The smallest absolute Gasteiger partial charge is 0.396 e. The van der Waals surface area contributed by atoms with Crippen molar-refractivity contribution in [2.45, 2.75) is 44.4 Å². The van der Waals surface area contributed by atoms with Gasteiger partial charge in [-0.15, -0.1) is 0 Å². The molecule has 2 unspecified atom stereocenters. The van der Waals surface area contributed by atoms with Gasteiger partial charge < -0.3 is 10.4 Å². The molecule has 0 amide bonds. The van der Waals surface area contributed by atoms with Crippen LogP contribution in [-0.2, 0) is 12.7 Å². The Labute approximate surface area is 121 Å². The van der Waals surface area contributed by atoms with E-state index in [9.17, 15) is 22.7 Å². The number of aliphatic hydroxyl groups excluding tert-OH is 1. The van der Waals surface area contributed by atoms with Crippen LogP contribution in [0.25, 0.3) is 0 Å². The summed E-state index contributed by atoms with van der Waals surface area (Å²) in [7, 11) is 0. The Morgan fingerprint density at radius 3 is 2.57 bits per heavy atom. The normalized spacial score (nSPS) is 23.3. The number of benzene rings is 1. The number of alkyl halides is 3. The van der Waals surface area contributed by atoms with E-state index in [-0.39, 0.29) is 30.7 Å². The maximum Gasteiger partial charge on any atom is 0.416 e. The molecule has 21 heavy (non-hydrogen) atoms. The summed E-state index contributed by atoms with van der Waals surface area (Å²) >= 11 is 0. The topological polar surface area (TPSA) is 32.3 Å². The van der Waals surface area contributed by atoms with Gasteiger partial charge in [-0.2, -0.15) is 13.2 Å². The second-order valence-electron chi connectivity index (χ2n) is 5.51.